The average molecular weight is 141 g/mol. The number of allylic oxidation sites excluding steroid dienone is 1. The molecule has 0 aromatic carbocycles. The Labute approximate surface area is 58.2 Å². The SMILES string of the molecule is C=C(/C=C/C(=O)OC)N=O. The fraction of sp³-hybridized carbons (Fsp3) is 0.167. The lowest BCUT2D eigenvalue weighted by Gasteiger charge is -1.86. The van der Waals surface area contributed by atoms with Gasteiger partial charge in [0.05, 0.1) is 7.11 Å². The standard InChI is InChI=1S/C6H7NO3/c1-5(7-9)3-4-6(8)10-2/h3-4H,1H2,2H3/b4-3+. The van der Waals surface area contributed by atoms with Gasteiger partial charge in [0.1, 0.15) is 5.70 Å². The Hall–Kier alpha value is -1.45. The quantitative estimate of drug-likeness (QED) is 0.255. The summed E-state index contributed by atoms with van der Waals surface area (Å²) in [4.78, 5) is 20.0. The highest BCUT2D eigenvalue weighted by Crippen LogP contribution is 1.92. The first-order valence-electron chi connectivity index (χ1n) is 2.49. The normalized spacial score (nSPS) is 9.30. The molecule has 10 heavy (non-hydrogen) atoms. The predicted molar refractivity (Wildman–Crippen MR) is 36.1 cm³/mol. The molecule has 54 valence electrons. The van der Waals surface area contributed by atoms with Gasteiger partial charge in [0, 0.05) is 6.08 Å². The number of ether oxygens (including phenoxy) is 1. The lowest BCUT2D eigenvalue weighted by atomic mass is 10.4. The zero-order chi connectivity index (χ0) is 7.98. The molecule has 0 aliphatic heterocycles. The van der Waals surface area contributed by atoms with Gasteiger partial charge in [0.15, 0.2) is 0 Å². The van der Waals surface area contributed by atoms with Gasteiger partial charge in [-0.15, -0.1) is 4.91 Å². The maximum Gasteiger partial charge on any atom is 0.330 e. The van der Waals surface area contributed by atoms with E-state index in [0.29, 0.717) is 0 Å². The molecule has 4 heteroatoms. The van der Waals surface area contributed by atoms with E-state index in [-0.39, 0.29) is 5.70 Å². The summed E-state index contributed by atoms with van der Waals surface area (Å²) in [5, 5.41) is 2.46. The summed E-state index contributed by atoms with van der Waals surface area (Å²) < 4.78 is 4.23. The zero-order valence-corrected chi connectivity index (χ0v) is 5.53. The van der Waals surface area contributed by atoms with Gasteiger partial charge in [0.25, 0.3) is 0 Å². The fourth-order valence-corrected chi connectivity index (χ4v) is 0.263. The van der Waals surface area contributed by atoms with Gasteiger partial charge in [-0.05, 0) is 11.3 Å². The molecule has 0 unspecified atom stereocenters. The monoisotopic (exact) mass is 141 g/mol. The summed E-state index contributed by atoms with van der Waals surface area (Å²) in [5.41, 5.74) is -0.00889. The number of methoxy groups -OCH3 is 1. The van der Waals surface area contributed by atoms with Crippen LogP contribution in [0.1, 0.15) is 0 Å². The Kier molecular flexibility index (Phi) is 3.79. The molecular weight excluding hydrogens is 134 g/mol. The van der Waals surface area contributed by atoms with E-state index in [1.54, 1.807) is 0 Å². The lowest BCUT2D eigenvalue weighted by molar-refractivity contribution is -0.134. The third-order valence-electron chi connectivity index (χ3n) is 0.730. The van der Waals surface area contributed by atoms with Crippen LogP contribution in [0.4, 0.5) is 0 Å². The first-order valence-corrected chi connectivity index (χ1v) is 2.49. The molecule has 0 bridgehead atoms. The van der Waals surface area contributed by atoms with Crippen molar-refractivity contribution < 1.29 is 9.53 Å². The van der Waals surface area contributed by atoms with Crippen LogP contribution >= 0.6 is 0 Å². The van der Waals surface area contributed by atoms with Crippen LogP contribution in [0.25, 0.3) is 0 Å². The molecule has 0 amide bonds. The zero-order valence-electron chi connectivity index (χ0n) is 5.53. The molecule has 0 aromatic rings. The van der Waals surface area contributed by atoms with Crippen molar-refractivity contribution in [3.8, 4) is 0 Å². The van der Waals surface area contributed by atoms with Crippen LogP contribution in [0.2, 0.25) is 0 Å². The van der Waals surface area contributed by atoms with E-state index < -0.39 is 5.97 Å². The first-order chi connectivity index (χ1) is 4.70. The number of carbonyl (C=O) groups excluding carboxylic acids is 1. The van der Waals surface area contributed by atoms with E-state index in [1.165, 1.54) is 13.2 Å². The van der Waals surface area contributed by atoms with E-state index in [0.717, 1.165) is 6.08 Å². The third-order valence-corrected chi connectivity index (χ3v) is 0.730. The summed E-state index contributed by atoms with van der Waals surface area (Å²) in [6.45, 7) is 3.21. The second-order valence-corrected chi connectivity index (χ2v) is 1.44. The van der Waals surface area contributed by atoms with Crippen molar-refractivity contribution in [2.24, 2.45) is 5.18 Å². The molecule has 0 aliphatic rings. The van der Waals surface area contributed by atoms with Gasteiger partial charge in [-0.1, -0.05) is 6.58 Å². The van der Waals surface area contributed by atoms with Crippen molar-refractivity contribution in [3.05, 3.63) is 29.3 Å². The molecule has 0 aromatic heterocycles. The van der Waals surface area contributed by atoms with Gasteiger partial charge < -0.3 is 4.74 Å². The minimum Gasteiger partial charge on any atom is -0.466 e. The molecule has 0 fully saturated rings. The number of rotatable bonds is 3. The highest BCUT2D eigenvalue weighted by Gasteiger charge is 1.90. The number of hydrogen-bond donors (Lipinski definition) is 0. The van der Waals surface area contributed by atoms with Crippen molar-refractivity contribution in [1.82, 2.24) is 0 Å². The number of nitrogens with zero attached hydrogens (tertiary/aromatic N) is 1. The molecule has 0 saturated carbocycles. The van der Waals surface area contributed by atoms with Crippen molar-refractivity contribution in [1.29, 1.82) is 0 Å². The molecule has 0 rings (SSSR count). The van der Waals surface area contributed by atoms with Crippen molar-refractivity contribution in [2.45, 2.75) is 0 Å². The Morgan fingerprint density at radius 3 is 2.60 bits per heavy atom. The van der Waals surface area contributed by atoms with E-state index in [9.17, 15) is 9.70 Å². The highest BCUT2D eigenvalue weighted by molar-refractivity contribution is 5.82. The summed E-state index contributed by atoms with van der Waals surface area (Å²) in [7, 11) is 1.24. The Morgan fingerprint density at radius 2 is 2.20 bits per heavy atom. The maximum atomic E-state index is 10.3. The molecule has 4 nitrogen and oxygen atoms in total. The molecule has 0 heterocycles. The van der Waals surface area contributed by atoms with Crippen LogP contribution in [0, 0.1) is 4.91 Å². The third kappa shape index (κ3) is 3.54. The molecule has 0 saturated heterocycles. The predicted octanol–water partition coefficient (Wildman–Crippen LogP) is 0.996. The summed E-state index contributed by atoms with van der Waals surface area (Å²) >= 11 is 0. The smallest absolute Gasteiger partial charge is 0.330 e. The highest BCUT2D eigenvalue weighted by atomic mass is 16.5. The largest absolute Gasteiger partial charge is 0.466 e. The summed E-state index contributed by atoms with van der Waals surface area (Å²) in [6.07, 6.45) is 2.25. The van der Waals surface area contributed by atoms with Gasteiger partial charge in [0.2, 0.25) is 0 Å². The Balaban J connectivity index is 3.87. The van der Waals surface area contributed by atoms with Gasteiger partial charge in [-0.3, -0.25) is 0 Å². The molecule has 0 radical (unpaired) electrons. The first kappa shape index (κ1) is 8.55. The van der Waals surface area contributed by atoms with Crippen LogP contribution in [-0.2, 0) is 9.53 Å². The number of carbonyl (C=O) groups is 1. The number of hydrogen-bond acceptors (Lipinski definition) is 4. The van der Waals surface area contributed by atoms with Gasteiger partial charge in [-0.2, -0.15) is 0 Å². The summed E-state index contributed by atoms with van der Waals surface area (Å²) in [5.74, 6) is -0.537. The molecular formula is C6H7NO3. The van der Waals surface area contributed by atoms with Crippen LogP contribution in [0.3, 0.4) is 0 Å². The lowest BCUT2D eigenvalue weighted by Crippen LogP contribution is -1.93. The fourth-order valence-electron chi connectivity index (χ4n) is 0.263. The Bertz CT molecular complexity index is 183. The van der Waals surface area contributed by atoms with Crippen LogP contribution in [0.5, 0.6) is 0 Å². The molecule has 0 spiro atoms. The number of nitroso groups, excluding NO2 is 1. The minimum absolute atomic E-state index is 0.00889. The molecule has 0 N–H and O–H groups in total. The number of esters is 1. The van der Waals surface area contributed by atoms with Crippen LogP contribution < -0.4 is 0 Å². The van der Waals surface area contributed by atoms with Gasteiger partial charge in [-0.25, -0.2) is 4.79 Å². The van der Waals surface area contributed by atoms with Crippen LogP contribution in [0.15, 0.2) is 29.6 Å². The Morgan fingerprint density at radius 1 is 1.60 bits per heavy atom. The second-order valence-electron chi connectivity index (χ2n) is 1.44. The van der Waals surface area contributed by atoms with E-state index in [2.05, 4.69) is 16.5 Å². The minimum atomic E-state index is -0.537. The van der Waals surface area contributed by atoms with E-state index >= 15 is 0 Å². The van der Waals surface area contributed by atoms with Crippen molar-refractivity contribution in [2.75, 3.05) is 7.11 Å². The van der Waals surface area contributed by atoms with E-state index in [4.69, 9.17) is 0 Å². The average Bonchev–Trinajstić information content (AvgIpc) is 1.99. The topological polar surface area (TPSA) is 55.7 Å². The maximum absolute atomic E-state index is 10.3. The van der Waals surface area contributed by atoms with Gasteiger partial charge >= 0.3 is 5.97 Å². The molecule has 0 aliphatic carbocycles. The van der Waals surface area contributed by atoms with Crippen molar-refractivity contribution >= 4 is 5.97 Å². The summed E-state index contributed by atoms with van der Waals surface area (Å²) in [6, 6.07) is 0. The van der Waals surface area contributed by atoms with Crippen LogP contribution in [-0.4, -0.2) is 13.1 Å². The van der Waals surface area contributed by atoms with Crippen molar-refractivity contribution in [3.63, 3.8) is 0 Å². The molecule has 0 atom stereocenters. The second kappa shape index (κ2) is 4.43. The van der Waals surface area contributed by atoms with E-state index in [1.807, 2.05) is 0 Å².